The molecule has 0 saturated heterocycles. The van der Waals surface area contributed by atoms with E-state index in [9.17, 15) is 0 Å². The number of nitrogens with zero attached hydrogens (tertiary/aromatic N) is 4. The fourth-order valence-electron chi connectivity index (χ4n) is 2.33. The van der Waals surface area contributed by atoms with Crippen LogP contribution < -0.4 is 5.32 Å². The summed E-state index contributed by atoms with van der Waals surface area (Å²) in [5.74, 6) is 1.74. The van der Waals surface area contributed by atoms with Gasteiger partial charge < -0.3 is 14.7 Å². The second-order valence-corrected chi connectivity index (χ2v) is 6.33. The molecular formula is C19H20ClN5O. The van der Waals surface area contributed by atoms with Gasteiger partial charge in [0.15, 0.2) is 5.96 Å². The summed E-state index contributed by atoms with van der Waals surface area (Å²) in [4.78, 5) is 10.9. The molecule has 134 valence electrons. The Morgan fingerprint density at radius 1 is 1.15 bits per heavy atom. The van der Waals surface area contributed by atoms with Gasteiger partial charge in [-0.3, -0.25) is 0 Å². The summed E-state index contributed by atoms with van der Waals surface area (Å²) in [5, 5.41) is 7.88. The second kappa shape index (κ2) is 8.49. The van der Waals surface area contributed by atoms with Gasteiger partial charge in [0.25, 0.3) is 0 Å². The van der Waals surface area contributed by atoms with E-state index in [0.29, 0.717) is 29.8 Å². The summed E-state index contributed by atoms with van der Waals surface area (Å²) in [5.41, 5.74) is 1.97. The Morgan fingerprint density at radius 3 is 2.69 bits per heavy atom. The molecule has 0 fully saturated rings. The van der Waals surface area contributed by atoms with Crippen molar-refractivity contribution in [3.05, 3.63) is 71.1 Å². The molecule has 0 atom stereocenters. The maximum absolute atomic E-state index is 6.00. The van der Waals surface area contributed by atoms with Gasteiger partial charge in [-0.1, -0.05) is 59.2 Å². The van der Waals surface area contributed by atoms with Crippen LogP contribution in [0.15, 0.2) is 64.1 Å². The lowest BCUT2D eigenvalue weighted by Gasteiger charge is -2.16. The van der Waals surface area contributed by atoms with E-state index in [4.69, 9.17) is 16.1 Å². The zero-order chi connectivity index (χ0) is 18.4. The summed E-state index contributed by atoms with van der Waals surface area (Å²) in [7, 11) is 3.87. The molecule has 1 heterocycles. The van der Waals surface area contributed by atoms with E-state index in [1.165, 1.54) is 0 Å². The molecule has 0 aliphatic rings. The molecule has 1 N–H and O–H groups in total. The third kappa shape index (κ3) is 4.83. The van der Waals surface area contributed by atoms with Crippen LogP contribution in [0.2, 0.25) is 5.02 Å². The van der Waals surface area contributed by atoms with Gasteiger partial charge in [-0.25, -0.2) is 4.99 Å². The van der Waals surface area contributed by atoms with Crippen molar-refractivity contribution in [2.75, 3.05) is 14.1 Å². The number of rotatable bonds is 5. The van der Waals surface area contributed by atoms with Gasteiger partial charge in [0.1, 0.15) is 0 Å². The average Bonchev–Trinajstić information content (AvgIpc) is 3.11. The standard InChI is InChI=1S/C19H20ClN5O/c1-25(2)19(21-12-14-7-4-3-5-8-14)22-13-17-23-18(24-26-17)15-9-6-10-16(20)11-15/h3-11H,12-13H2,1-2H3,(H,21,22). The second-order valence-electron chi connectivity index (χ2n) is 5.90. The van der Waals surface area contributed by atoms with Gasteiger partial charge in [0.05, 0.1) is 13.1 Å². The third-order valence-electron chi connectivity index (χ3n) is 3.63. The van der Waals surface area contributed by atoms with Crippen LogP contribution in [0.4, 0.5) is 0 Å². The van der Waals surface area contributed by atoms with E-state index in [0.717, 1.165) is 17.1 Å². The molecular weight excluding hydrogens is 350 g/mol. The van der Waals surface area contributed by atoms with Gasteiger partial charge in [-0.2, -0.15) is 4.98 Å². The van der Waals surface area contributed by atoms with Crippen molar-refractivity contribution in [2.24, 2.45) is 4.99 Å². The van der Waals surface area contributed by atoms with Crippen LogP contribution in [0.3, 0.4) is 0 Å². The summed E-state index contributed by atoms with van der Waals surface area (Å²) in [6.45, 7) is 0.984. The first kappa shape index (κ1) is 17.9. The zero-order valence-electron chi connectivity index (χ0n) is 14.7. The number of benzene rings is 2. The lowest BCUT2D eigenvalue weighted by atomic mass is 10.2. The summed E-state index contributed by atoms with van der Waals surface area (Å²) >= 11 is 6.00. The molecule has 6 nitrogen and oxygen atoms in total. The predicted octanol–water partition coefficient (Wildman–Crippen LogP) is 3.60. The van der Waals surface area contributed by atoms with E-state index < -0.39 is 0 Å². The van der Waals surface area contributed by atoms with Gasteiger partial charge in [0.2, 0.25) is 11.7 Å². The number of aromatic nitrogens is 2. The monoisotopic (exact) mass is 369 g/mol. The Balaban J connectivity index is 1.64. The highest BCUT2D eigenvalue weighted by Crippen LogP contribution is 2.19. The first-order valence-corrected chi connectivity index (χ1v) is 8.58. The summed E-state index contributed by atoms with van der Waals surface area (Å²) < 4.78 is 5.31. The van der Waals surface area contributed by atoms with Crippen molar-refractivity contribution in [1.29, 1.82) is 0 Å². The molecule has 0 bridgehead atoms. The minimum absolute atomic E-state index is 0.388. The van der Waals surface area contributed by atoms with Crippen LogP contribution in [0.1, 0.15) is 11.5 Å². The topological polar surface area (TPSA) is 66.5 Å². The van der Waals surface area contributed by atoms with Crippen molar-refractivity contribution < 1.29 is 4.52 Å². The van der Waals surface area contributed by atoms with Crippen molar-refractivity contribution in [1.82, 2.24) is 20.4 Å². The van der Waals surface area contributed by atoms with Crippen LogP contribution >= 0.6 is 11.6 Å². The normalized spacial score (nSPS) is 11.4. The molecule has 1 aromatic heterocycles. The smallest absolute Gasteiger partial charge is 0.246 e. The lowest BCUT2D eigenvalue weighted by molar-refractivity contribution is 0.373. The van der Waals surface area contributed by atoms with Crippen LogP contribution in [-0.4, -0.2) is 35.1 Å². The van der Waals surface area contributed by atoms with E-state index in [1.807, 2.05) is 61.5 Å². The Morgan fingerprint density at radius 2 is 1.96 bits per heavy atom. The fourth-order valence-corrected chi connectivity index (χ4v) is 2.52. The first-order valence-electron chi connectivity index (χ1n) is 8.20. The van der Waals surface area contributed by atoms with E-state index in [1.54, 1.807) is 12.1 Å². The molecule has 0 aliphatic heterocycles. The van der Waals surface area contributed by atoms with Gasteiger partial charge in [-0.05, 0) is 17.7 Å². The highest BCUT2D eigenvalue weighted by atomic mass is 35.5. The van der Waals surface area contributed by atoms with Crippen LogP contribution in [0.5, 0.6) is 0 Å². The Hall–Kier alpha value is -2.86. The van der Waals surface area contributed by atoms with Crippen LogP contribution in [0.25, 0.3) is 11.4 Å². The molecule has 0 unspecified atom stereocenters. The molecule has 7 heteroatoms. The van der Waals surface area contributed by atoms with E-state index in [2.05, 4.69) is 20.4 Å². The number of guanidine groups is 1. The Kier molecular flexibility index (Phi) is 5.86. The Bertz CT molecular complexity index is 876. The predicted molar refractivity (Wildman–Crippen MR) is 103 cm³/mol. The quantitative estimate of drug-likeness (QED) is 0.550. The number of hydrogen-bond donors (Lipinski definition) is 1. The van der Waals surface area contributed by atoms with Crippen LogP contribution in [-0.2, 0) is 13.1 Å². The van der Waals surface area contributed by atoms with E-state index in [-0.39, 0.29) is 0 Å². The average molecular weight is 370 g/mol. The largest absolute Gasteiger partial charge is 0.349 e. The molecule has 0 amide bonds. The van der Waals surface area contributed by atoms with Crippen LogP contribution in [0, 0.1) is 0 Å². The number of hydrogen-bond acceptors (Lipinski definition) is 4. The minimum Gasteiger partial charge on any atom is -0.349 e. The number of nitrogens with one attached hydrogen (secondary N) is 1. The highest BCUT2D eigenvalue weighted by molar-refractivity contribution is 6.30. The minimum atomic E-state index is 0.388. The molecule has 2 aromatic carbocycles. The van der Waals surface area contributed by atoms with Crippen molar-refractivity contribution >= 4 is 17.6 Å². The maximum Gasteiger partial charge on any atom is 0.246 e. The molecule has 26 heavy (non-hydrogen) atoms. The number of aliphatic imine (C=N–C) groups is 1. The van der Waals surface area contributed by atoms with E-state index >= 15 is 0 Å². The van der Waals surface area contributed by atoms with Crippen molar-refractivity contribution in [3.63, 3.8) is 0 Å². The number of halogens is 1. The maximum atomic E-state index is 6.00. The molecule has 0 spiro atoms. The molecule has 3 rings (SSSR count). The van der Waals surface area contributed by atoms with Gasteiger partial charge in [0, 0.05) is 24.7 Å². The molecule has 0 aliphatic carbocycles. The molecule has 0 saturated carbocycles. The van der Waals surface area contributed by atoms with Gasteiger partial charge >= 0.3 is 0 Å². The summed E-state index contributed by atoms with van der Waals surface area (Å²) in [6.07, 6.45) is 0. The van der Waals surface area contributed by atoms with Crippen molar-refractivity contribution in [2.45, 2.75) is 13.1 Å². The molecule has 3 aromatic rings. The van der Waals surface area contributed by atoms with Crippen molar-refractivity contribution in [3.8, 4) is 11.4 Å². The highest BCUT2D eigenvalue weighted by Gasteiger charge is 2.10. The fraction of sp³-hybridized carbons (Fsp3) is 0.211. The lowest BCUT2D eigenvalue weighted by Crippen LogP contribution is -2.36. The zero-order valence-corrected chi connectivity index (χ0v) is 15.4. The third-order valence-corrected chi connectivity index (χ3v) is 3.86. The first-order chi connectivity index (χ1) is 12.6. The summed E-state index contributed by atoms with van der Waals surface area (Å²) in [6, 6.07) is 17.4. The SMILES string of the molecule is CN(C)C(=NCc1ccccc1)NCc1nc(-c2cccc(Cl)c2)no1. The molecule has 0 radical (unpaired) electrons. The Labute approximate surface area is 157 Å². The van der Waals surface area contributed by atoms with Gasteiger partial charge in [-0.15, -0.1) is 0 Å².